The fourth-order valence-electron chi connectivity index (χ4n) is 3.91. The lowest BCUT2D eigenvalue weighted by Crippen LogP contribution is -2.00. The number of ether oxygens (including phenoxy) is 1. The van der Waals surface area contributed by atoms with Crippen LogP contribution in [0.2, 0.25) is 0 Å². The summed E-state index contributed by atoms with van der Waals surface area (Å²) in [5.74, 6) is -2.08. The molecule has 0 bridgehead atoms. The van der Waals surface area contributed by atoms with E-state index >= 15 is 0 Å². The van der Waals surface area contributed by atoms with E-state index in [0.29, 0.717) is 29.7 Å². The average molecular weight is 490 g/mol. The third kappa shape index (κ3) is 5.66. The van der Waals surface area contributed by atoms with Gasteiger partial charge in [0.25, 0.3) is 0 Å². The van der Waals surface area contributed by atoms with Gasteiger partial charge in [-0.15, -0.1) is 0 Å². The molecule has 0 aliphatic heterocycles. The van der Waals surface area contributed by atoms with Gasteiger partial charge in [-0.2, -0.15) is 0 Å². The highest BCUT2D eigenvalue weighted by Crippen LogP contribution is 2.29. The zero-order valence-corrected chi connectivity index (χ0v) is 19.8. The average Bonchev–Trinajstić information content (AvgIpc) is 2.89. The van der Waals surface area contributed by atoms with Gasteiger partial charge in [-0.25, -0.2) is 13.2 Å². The summed E-state index contributed by atoms with van der Waals surface area (Å²) in [6.07, 6.45) is 3.08. The first-order valence-electron chi connectivity index (χ1n) is 11.6. The number of aromatic nitrogens is 1. The number of pyridine rings is 1. The molecule has 4 aromatic rings. The van der Waals surface area contributed by atoms with E-state index in [-0.39, 0.29) is 23.5 Å². The predicted octanol–water partition coefficient (Wildman–Crippen LogP) is 7.24. The first kappa shape index (κ1) is 25.2. The van der Waals surface area contributed by atoms with Crippen molar-refractivity contribution in [1.82, 2.24) is 4.98 Å². The maximum Gasteiger partial charge on any atom is 0.166 e. The van der Waals surface area contributed by atoms with Crippen molar-refractivity contribution in [2.45, 2.75) is 25.9 Å². The molecule has 0 amide bonds. The molecular formula is C30H26F3NO2. The second-order valence-corrected chi connectivity index (χ2v) is 8.49. The van der Waals surface area contributed by atoms with Gasteiger partial charge in [0.2, 0.25) is 0 Å². The molecule has 36 heavy (non-hydrogen) atoms. The van der Waals surface area contributed by atoms with Crippen molar-refractivity contribution in [3.05, 3.63) is 120 Å². The van der Waals surface area contributed by atoms with Crippen molar-refractivity contribution in [1.29, 1.82) is 0 Å². The van der Waals surface area contributed by atoms with Crippen molar-refractivity contribution in [3.8, 4) is 28.0 Å². The number of aryl methyl sites for hydroxylation is 2. The molecule has 184 valence electrons. The molecule has 0 aliphatic carbocycles. The molecule has 1 heterocycles. The summed E-state index contributed by atoms with van der Waals surface area (Å²) in [4.78, 5) is 4.10. The standard InChI is InChI=1S/C30H26F3NO2/c1-3-16-36-28-15-12-23(17-26(28)31)21-7-4-20(5-8-21)6-9-22-10-13-25(30(33)29(22)32)24-11-14-27(19(2)35)34-18-24/h3-5,7-8,10-15,17-19,35H,1,6,9,16H2,2H3. The Balaban J connectivity index is 1.44. The Labute approximate surface area is 208 Å². The molecule has 4 rings (SSSR count). The molecule has 0 saturated carbocycles. The van der Waals surface area contributed by atoms with Gasteiger partial charge in [0, 0.05) is 17.3 Å². The van der Waals surface area contributed by atoms with Gasteiger partial charge in [0.1, 0.15) is 6.61 Å². The maximum atomic E-state index is 14.8. The highest BCUT2D eigenvalue weighted by molar-refractivity contribution is 5.65. The minimum atomic E-state index is -0.919. The highest BCUT2D eigenvalue weighted by Gasteiger charge is 2.16. The van der Waals surface area contributed by atoms with Crippen LogP contribution in [0, 0.1) is 17.5 Å². The summed E-state index contributed by atoms with van der Waals surface area (Å²) in [6, 6.07) is 18.7. The molecule has 1 atom stereocenters. The van der Waals surface area contributed by atoms with E-state index in [9.17, 15) is 18.3 Å². The quantitative estimate of drug-likeness (QED) is 0.252. The van der Waals surface area contributed by atoms with E-state index in [2.05, 4.69) is 11.6 Å². The Kier molecular flexibility index (Phi) is 7.86. The zero-order valence-electron chi connectivity index (χ0n) is 19.8. The van der Waals surface area contributed by atoms with E-state index in [0.717, 1.165) is 11.1 Å². The second kappa shape index (κ2) is 11.2. The van der Waals surface area contributed by atoms with Crippen LogP contribution in [0.1, 0.15) is 29.8 Å². The van der Waals surface area contributed by atoms with E-state index < -0.39 is 23.6 Å². The van der Waals surface area contributed by atoms with Gasteiger partial charge < -0.3 is 9.84 Å². The van der Waals surface area contributed by atoms with E-state index in [1.807, 2.05) is 24.3 Å². The first-order valence-corrected chi connectivity index (χ1v) is 11.6. The molecule has 0 fully saturated rings. The second-order valence-electron chi connectivity index (χ2n) is 8.49. The molecule has 3 aromatic carbocycles. The number of halogens is 3. The van der Waals surface area contributed by atoms with Crippen LogP contribution in [-0.4, -0.2) is 16.7 Å². The molecule has 0 saturated heterocycles. The highest BCUT2D eigenvalue weighted by atomic mass is 19.2. The number of rotatable bonds is 9. The summed E-state index contributed by atoms with van der Waals surface area (Å²) in [5.41, 5.74) is 3.81. The van der Waals surface area contributed by atoms with E-state index in [1.165, 1.54) is 12.3 Å². The number of nitrogens with zero attached hydrogens (tertiary/aromatic N) is 1. The molecule has 1 unspecified atom stereocenters. The normalized spacial score (nSPS) is 11.8. The number of aliphatic hydroxyl groups is 1. The summed E-state index contributed by atoms with van der Waals surface area (Å²) in [6.45, 7) is 5.36. The van der Waals surface area contributed by atoms with Gasteiger partial charge in [-0.1, -0.05) is 61.2 Å². The van der Waals surface area contributed by atoms with Gasteiger partial charge >= 0.3 is 0 Å². The fourth-order valence-corrected chi connectivity index (χ4v) is 3.91. The predicted molar refractivity (Wildman–Crippen MR) is 135 cm³/mol. The maximum absolute atomic E-state index is 14.8. The van der Waals surface area contributed by atoms with E-state index in [4.69, 9.17) is 4.74 Å². The van der Waals surface area contributed by atoms with E-state index in [1.54, 1.807) is 49.4 Å². The van der Waals surface area contributed by atoms with Crippen LogP contribution in [0.3, 0.4) is 0 Å². The smallest absolute Gasteiger partial charge is 0.166 e. The van der Waals surface area contributed by atoms with Gasteiger partial charge in [-0.05, 0) is 60.2 Å². The molecule has 3 nitrogen and oxygen atoms in total. The lowest BCUT2D eigenvalue weighted by Gasteiger charge is -2.11. The lowest BCUT2D eigenvalue weighted by atomic mass is 9.98. The minimum absolute atomic E-state index is 0.124. The summed E-state index contributed by atoms with van der Waals surface area (Å²) in [5, 5.41) is 9.57. The molecule has 1 aromatic heterocycles. The summed E-state index contributed by atoms with van der Waals surface area (Å²) in [7, 11) is 0. The lowest BCUT2D eigenvalue weighted by molar-refractivity contribution is 0.194. The van der Waals surface area contributed by atoms with Crippen LogP contribution in [0.4, 0.5) is 13.2 Å². The monoisotopic (exact) mass is 489 g/mol. The van der Waals surface area contributed by atoms with Crippen LogP contribution in [-0.2, 0) is 12.8 Å². The third-order valence-electron chi connectivity index (χ3n) is 5.95. The van der Waals surface area contributed by atoms with Crippen LogP contribution >= 0.6 is 0 Å². The Morgan fingerprint density at radius 3 is 2.25 bits per heavy atom. The molecule has 0 spiro atoms. The Bertz CT molecular complexity index is 1350. The van der Waals surface area contributed by atoms with Crippen molar-refractivity contribution >= 4 is 0 Å². The SMILES string of the molecule is C=CCOc1ccc(-c2ccc(CCc3ccc(-c4ccc(C(C)O)nc4)c(F)c3F)cc2)cc1F. The number of hydrogen-bond donors (Lipinski definition) is 1. The van der Waals surface area contributed by atoms with Crippen molar-refractivity contribution in [2.24, 2.45) is 0 Å². The summed E-state index contributed by atoms with van der Waals surface area (Å²) < 4.78 is 49.1. The summed E-state index contributed by atoms with van der Waals surface area (Å²) >= 11 is 0. The molecule has 0 radical (unpaired) electrons. The molecule has 6 heteroatoms. The number of hydrogen-bond acceptors (Lipinski definition) is 3. The topological polar surface area (TPSA) is 42.4 Å². The fraction of sp³-hybridized carbons (Fsp3) is 0.167. The van der Waals surface area contributed by atoms with Gasteiger partial charge in [0.05, 0.1) is 11.8 Å². The largest absolute Gasteiger partial charge is 0.486 e. The third-order valence-corrected chi connectivity index (χ3v) is 5.95. The minimum Gasteiger partial charge on any atom is -0.486 e. The van der Waals surface area contributed by atoms with Crippen molar-refractivity contribution in [2.75, 3.05) is 6.61 Å². The van der Waals surface area contributed by atoms with Gasteiger partial charge in [-0.3, -0.25) is 4.98 Å². The molecule has 1 N–H and O–H groups in total. The van der Waals surface area contributed by atoms with Crippen LogP contribution < -0.4 is 4.74 Å². The van der Waals surface area contributed by atoms with Crippen molar-refractivity contribution < 1.29 is 23.0 Å². The van der Waals surface area contributed by atoms with Crippen LogP contribution in [0.5, 0.6) is 5.75 Å². The van der Waals surface area contributed by atoms with Crippen molar-refractivity contribution in [3.63, 3.8) is 0 Å². The Morgan fingerprint density at radius 1 is 0.889 bits per heavy atom. The van der Waals surface area contributed by atoms with Gasteiger partial charge in [0.15, 0.2) is 23.2 Å². The first-order chi connectivity index (χ1) is 17.4. The van der Waals surface area contributed by atoms with Crippen LogP contribution in [0.25, 0.3) is 22.3 Å². The molecule has 0 aliphatic rings. The number of benzene rings is 3. The van der Waals surface area contributed by atoms with Crippen LogP contribution in [0.15, 0.2) is 85.6 Å². The molecular weight excluding hydrogens is 463 g/mol. The Morgan fingerprint density at radius 2 is 1.61 bits per heavy atom. The zero-order chi connectivity index (χ0) is 25.7. The number of aliphatic hydroxyl groups excluding tert-OH is 1. The Hall–Kier alpha value is -3.90.